The molecule has 0 fully saturated rings. The van der Waals surface area contributed by atoms with Gasteiger partial charge in [-0.05, 0) is 123 Å². The molecule has 3 heterocycles. The zero-order valence-corrected chi connectivity index (χ0v) is 33.6. The van der Waals surface area contributed by atoms with Crippen LogP contribution in [0.2, 0.25) is 0 Å². The molecule has 7 aromatic carbocycles. The fraction of sp³-hybridized carbons (Fsp3) is 0.111. The Bertz CT molecular complexity index is 3310. The van der Waals surface area contributed by atoms with Crippen LogP contribution in [0.4, 0.5) is 5.69 Å². The summed E-state index contributed by atoms with van der Waals surface area (Å²) in [5.74, 6) is 0. The van der Waals surface area contributed by atoms with Crippen LogP contribution in [-0.2, 0) is 0 Å². The Morgan fingerprint density at radius 1 is 0.397 bits per heavy atom. The SMILES string of the molecule is [C-]#[N+]c1cc(-n2c3ccccc3c3ccc(-c4cc(C)cc(C)c4)cc32)c(-n2c3ccccc3c3ccc(-c4cc(C)cc(C)c4)cc32)cc1-c1cc(C)nc(C)c1. The zero-order valence-electron chi connectivity index (χ0n) is 33.6. The van der Waals surface area contributed by atoms with Crippen molar-refractivity contribution in [3.05, 3.63) is 191 Å². The number of aromatic nitrogens is 3. The lowest BCUT2D eigenvalue weighted by Crippen LogP contribution is -2.04. The zero-order chi connectivity index (χ0) is 39.8. The predicted octanol–water partition coefficient (Wildman–Crippen LogP) is 14.7. The average molecular weight is 747 g/mol. The Morgan fingerprint density at radius 3 is 1.29 bits per heavy atom. The fourth-order valence-electron chi connectivity index (χ4n) is 9.34. The summed E-state index contributed by atoms with van der Waals surface area (Å²) in [5, 5.41) is 4.70. The number of para-hydroxylation sites is 2. The monoisotopic (exact) mass is 746 g/mol. The molecule has 278 valence electrons. The molecule has 10 rings (SSSR count). The highest BCUT2D eigenvalue weighted by atomic mass is 15.1. The summed E-state index contributed by atoms with van der Waals surface area (Å²) in [6.45, 7) is 21.3. The molecule has 0 amide bonds. The lowest BCUT2D eigenvalue weighted by Gasteiger charge is -2.20. The third kappa shape index (κ3) is 5.78. The van der Waals surface area contributed by atoms with Crippen LogP contribution in [0.1, 0.15) is 33.6 Å². The van der Waals surface area contributed by atoms with E-state index in [0.29, 0.717) is 5.69 Å². The topological polar surface area (TPSA) is 27.1 Å². The van der Waals surface area contributed by atoms with Crippen molar-refractivity contribution in [1.29, 1.82) is 0 Å². The molecule has 58 heavy (non-hydrogen) atoms. The fourth-order valence-corrected chi connectivity index (χ4v) is 9.34. The summed E-state index contributed by atoms with van der Waals surface area (Å²) in [6.07, 6.45) is 0. The Hall–Kier alpha value is -7.22. The first-order valence-electron chi connectivity index (χ1n) is 19.9. The summed E-state index contributed by atoms with van der Waals surface area (Å²) >= 11 is 0. The van der Waals surface area contributed by atoms with Gasteiger partial charge in [0.25, 0.3) is 0 Å². The Kier molecular flexibility index (Phi) is 8.18. The van der Waals surface area contributed by atoms with Gasteiger partial charge in [-0.2, -0.15) is 0 Å². The minimum absolute atomic E-state index is 0.594. The molecule has 0 aliphatic carbocycles. The van der Waals surface area contributed by atoms with E-state index >= 15 is 0 Å². The van der Waals surface area contributed by atoms with Crippen LogP contribution in [0.15, 0.2) is 146 Å². The van der Waals surface area contributed by atoms with Gasteiger partial charge in [0.15, 0.2) is 5.69 Å². The van der Waals surface area contributed by atoms with E-state index in [0.717, 1.165) is 61.5 Å². The standard InChI is InChI=1S/C54H42N4/c1-32-20-33(2)23-40(22-32)38-16-18-45-43-12-8-10-14-49(43)57(51(45)28-38)53-30-47(42-26-36(5)56-37(6)27-42)48(55-7)31-54(53)58-50-15-11-9-13-44(50)46-19-17-39(29-52(46)58)41-24-34(3)21-35(4)25-41/h8-31H,1-6H3. The predicted molar refractivity (Wildman–Crippen MR) is 244 cm³/mol. The number of rotatable bonds is 5. The maximum atomic E-state index is 8.63. The first-order chi connectivity index (χ1) is 28.1. The highest BCUT2D eigenvalue weighted by Gasteiger charge is 2.23. The minimum Gasteiger partial charge on any atom is -0.308 e. The molecular formula is C54H42N4. The van der Waals surface area contributed by atoms with Gasteiger partial charge in [-0.15, -0.1) is 0 Å². The first-order valence-corrected chi connectivity index (χ1v) is 19.9. The maximum absolute atomic E-state index is 8.63. The van der Waals surface area contributed by atoms with Gasteiger partial charge >= 0.3 is 0 Å². The molecular weight excluding hydrogens is 705 g/mol. The molecule has 0 unspecified atom stereocenters. The van der Waals surface area contributed by atoms with Crippen LogP contribution < -0.4 is 0 Å². The highest BCUT2D eigenvalue weighted by Crippen LogP contribution is 2.44. The quantitative estimate of drug-likeness (QED) is 0.161. The van der Waals surface area contributed by atoms with Crippen molar-refractivity contribution in [3.8, 4) is 44.8 Å². The molecule has 10 aromatic rings. The second kappa shape index (κ2) is 13.5. The van der Waals surface area contributed by atoms with Crippen LogP contribution >= 0.6 is 0 Å². The molecule has 0 saturated heterocycles. The van der Waals surface area contributed by atoms with Gasteiger partial charge in [-0.3, -0.25) is 4.98 Å². The maximum Gasteiger partial charge on any atom is 0.197 e. The molecule has 0 aliphatic heterocycles. The Morgan fingerprint density at radius 2 is 0.828 bits per heavy atom. The lowest BCUT2D eigenvalue weighted by molar-refractivity contribution is 1.10. The van der Waals surface area contributed by atoms with Gasteiger partial charge in [0.2, 0.25) is 0 Å². The molecule has 3 aromatic heterocycles. The van der Waals surface area contributed by atoms with E-state index in [1.54, 1.807) is 0 Å². The molecule has 0 radical (unpaired) electrons. The van der Waals surface area contributed by atoms with Gasteiger partial charge in [-0.1, -0.05) is 119 Å². The van der Waals surface area contributed by atoms with Gasteiger partial charge in [0, 0.05) is 32.9 Å². The van der Waals surface area contributed by atoms with E-state index in [-0.39, 0.29) is 0 Å². The van der Waals surface area contributed by atoms with Crippen molar-refractivity contribution in [1.82, 2.24) is 14.1 Å². The largest absolute Gasteiger partial charge is 0.308 e. The van der Waals surface area contributed by atoms with Crippen molar-refractivity contribution < 1.29 is 0 Å². The number of benzene rings is 7. The number of fused-ring (bicyclic) bond motifs is 6. The van der Waals surface area contributed by atoms with E-state index < -0.39 is 0 Å². The summed E-state index contributed by atoms with van der Waals surface area (Å²) < 4.78 is 4.82. The van der Waals surface area contributed by atoms with E-state index in [1.807, 2.05) is 13.8 Å². The van der Waals surface area contributed by atoms with E-state index in [1.165, 1.54) is 60.5 Å². The Balaban J connectivity index is 1.36. The average Bonchev–Trinajstić information content (AvgIpc) is 3.71. The first kappa shape index (κ1) is 35.2. The summed E-state index contributed by atoms with van der Waals surface area (Å²) in [6, 6.07) is 53.2. The second-order valence-electron chi connectivity index (χ2n) is 16.0. The molecule has 0 spiro atoms. The van der Waals surface area contributed by atoms with Crippen LogP contribution in [0.3, 0.4) is 0 Å². The van der Waals surface area contributed by atoms with Gasteiger partial charge in [0.1, 0.15) is 0 Å². The van der Waals surface area contributed by atoms with Crippen LogP contribution in [0.5, 0.6) is 0 Å². The van der Waals surface area contributed by atoms with E-state index in [2.05, 4.69) is 187 Å². The second-order valence-corrected chi connectivity index (χ2v) is 16.0. The van der Waals surface area contributed by atoms with Crippen LogP contribution in [0, 0.1) is 48.1 Å². The number of pyridine rings is 1. The third-order valence-electron chi connectivity index (χ3n) is 11.5. The molecule has 0 saturated carbocycles. The molecule has 0 N–H and O–H groups in total. The minimum atomic E-state index is 0.594. The smallest absolute Gasteiger partial charge is 0.197 e. The van der Waals surface area contributed by atoms with E-state index in [4.69, 9.17) is 11.6 Å². The van der Waals surface area contributed by atoms with Gasteiger partial charge in [0.05, 0.1) is 40.0 Å². The summed E-state index contributed by atoms with van der Waals surface area (Å²) in [5.41, 5.74) is 20.3. The summed E-state index contributed by atoms with van der Waals surface area (Å²) in [4.78, 5) is 8.95. The molecule has 0 atom stereocenters. The van der Waals surface area contributed by atoms with Gasteiger partial charge in [-0.25, -0.2) is 4.85 Å². The van der Waals surface area contributed by atoms with Crippen LogP contribution in [0.25, 0.3) is 93.2 Å². The van der Waals surface area contributed by atoms with Gasteiger partial charge < -0.3 is 9.13 Å². The van der Waals surface area contributed by atoms with Crippen molar-refractivity contribution in [2.24, 2.45) is 0 Å². The molecule has 4 heteroatoms. The Labute approximate surface area is 339 Å². The molecule has 4 nitrogen and oxygen atoms in total. The van der Waals surface area contributed by atoms with Crippen molar-refractivity contribution in [3.63, 3.8) is 0 Å². The summed E-state index contributed by atoms with van der Waals surface area (Å²) in [7, 11) is 0. The number of hydrogen-bond acceptors (Lipinski definition) is 1. The molecule has 0 bridgehead atoms. The number of nitrogens with zero attached hydrogens (tertiary/aromatic N) is 4. The molecule has 0 aliphatic rings. The van der Waals surface area contributed by atoms with Crippen molar-refractivity contribution in [2.45, 2.75) is 41.5 Å². The number of aryl methyl sites for hydroxylation is 6. The highest BCUT2D eigenvalue weighted by molar-refractivity contribution is 6.13. The lowest BCUT2D eigenvalue weighted by atomic mass is 9.99. The van der Waals surface area contributed by atoms with Crippen LogP contribution in [-0.4, -0.2) is 14.1 Å². The van der Waals surface area contributed by atoms with E-state index in [9.17, 15) is 0 Å². The normalized spacial score (nSPS) is 11.6. The number of hydrogen-bond donors (Lipinski definition) is 0. The third-order valence-corrected chi connectivity index (χ3v) is 11.5. The van der Waals surface area contributed by atoms with Crippen molar-refractivity contribution in [2.75, 3.05) is 0 Å². The van der Waals surface area contributed by atoms with Crippen molar-refractivity contribution >= 4 is 49.3 Å².